The first-order valence-corrected chi connectivity index (χ1v) is 6.07. The number of carbonyl (C=O) groups excluding carboxylic acids is 1. The molecule has 0 aromatic rings. The van der Waals surface area contributed by atoms with E-state index in [1.165, 1.54) is 0 Å². The lowest BCUT2D eigenvalue weighted by atomic mass is 10.1. The number of amides is 1. The first-order chi connectivity index (χ1) is 7.35. The fourth-order valence-corrected chi connectivity index (χ4v) is 1.17. The van der Waals surface area contributed by atoms with Gasteiger partial charge < -0.3 is 15.7 Å². The van der Waals surface area contributed by atoms with Crippen molar-refractivity contribution in [3.8, 4) is 0 Å². The molecule has 0 saturated carbocycles. The summed E-state index contributed by atoms with van der Waals surface area (Å²) in [6, 6.07) is 0.254. The van der Waals surface area contributed by atoms with Gasteiger partial charge in [-0.3, -0.25) is 4.79 Å². The Kier molecular flexibility index (Phi) is 7.34. The Balaban J connectivity index is 3.42. The van der Waals surface area contributed by atoms with E-state index in [2.05, 4.69) is 10.6 Å². The van der Waals surface area contributed by atoms with Crippen molar-refractivity contribution >= 4 is 5.91 Å². The summed E-state index contributed by atoms with van der Waals surface area (Å²) < 4.78 is 0. The molecule has 1 unspecified atom stereocenters. The second kappa shape index (κ2) is 7.63. The maximum atomic E-state index is 11.4. The fourth-order valence-electron chi connectivity index (χ4n) is 1.17. The second-order valence-electron chi connectivity index (χ2n) is 4.94. The number of hydrogen-bond acceptors (Lipinski definition) is 3. The molecule has 0 spiro atoms. The van der Waals surface area contributed by atoms with Crippen LogP contribution in [0.15, 0.2) is 0 Å². The minimum Gasteiger partial charge on any atom is -0.390 e. The molecule has 0 saturated heterocycles. The first kappa shape index (κ1) is 15.4. The summed E-state index contributed by atoms with van der Waals surface area (Å²) in [5, 5.41) is 15.5. The highest BCUT2D eigenvalue weighted by atomic mass is 16.3. The molecule has 3 N–H and O–H groups in total. The number of aliphatic hydroxyl groups is 1. The van der Waals surface area contributed by atoms with Crippen molar-refractivity contribution in [2.45, 2.75) is 58.6 Å². The summed E-state index contributed by atoms with van der Waals surface area (Å²) in [6.45, 7) is 9.01. The van der Waals surface area contributed by atoms with E-state index in [0.29, 0.717) is 19.4 Å². The average molecular weight is 230 g/mol. The quantitative estimate of drug-likeness (QED) is 0.546. The third-order valence-corrected chi connectivity index (χ3v) is 2.46. The molecule has 1 amide bonds. The van der Waals surface area contributed by atoms with Gasteiger partial charge in [0.1, 0.15) is 0 Å². The number of carbonyl (C=O) groups is 1. The van der Waals surface area contributed by atoms with Crippen LogP contribution in [-0.2, 0) is 4.79 Å². The van der Waals surface area contributed by atoms with Crippen LogP contribution in [0.5, 0.6) is 0 Å². The van der Waals surface area contributed by atoms with Gasteiger partial charge in [-0.15, -0.1) is 0 Å². The van der Waals surface area contributed by atoms with Gasteiger partial charge in [0, 0.05) is 19.0 Å². The number of hydrogen-bond donors (Lipinski definition) is 3. The van der Waals surface area contributed by atoms with Gasteiger partial charge in [0.15, 0.2) is 0 Å². The normalized spacial score (nSPS) is 13.6. The Labute approximate surface area is 98.8 Å². The smallest absolute Gasteiger partial charge is 0.221 e. The largest absolute Gasteiger partial charge is 0.390 e. The summed E-state index contributed by atoms with van der Waals surface area (Å²) >= 11 is 0. The maximum absolute atomic E-state index is 11.4. The van der Waals surface area contributed by atoms with E-state index in [0.717, 1.165) is 13.0 Å². The summed E-state index contributed by atoms with van der Waals surface area (Å²) in [5.74, 6) is 0.0881. The SMILES string of the molecule is CCC(C)NC(=O)CCNCCC(C)(C)O. The highest BCUT2D eigenvalue weighted by molar-refractivity contribution is 5.76. The van der Waals surface area contributed by atoms with Crippen LogP contribution in [0.3, 0.4) is 0 Å². The molecule has 96 valence electrons. The molecule has 4 nitrogen and oxygen atoms in total. The third-order valence-electron chi connectivity index (χ3n) is 2.46. The van der Waals surface area contributed by atoms with Crippen LogP contribution in [0.25, 0.3) is 0 Å². The fraction of sp³-hybridized carbons (Fsp3) is 0.917. The minimum absolute atomic E-state index is 0.0881. The zero-order valence-corrected chi connectivity index (χ0v) is 11.0. The van der Waals surface area contributed by atoms with Gasteiger partial charge in [-0.2, -0.15) is 0 Å². The lowest BCUT2D eigenvalue weighted by Gasteiger charge is -2.17. The Morgan fingerprint density at radius 3 is 2.50 bits per heavy atom. The van der Waals surface area contributed by atoms with E-state index in [1.807, 2.05) is 13.8 Å². The molecule has 0 aliphatic heterocycles. The molecule has 4 heteroatoms. The molecular formula is C12H26N2O2. The lowest BCUT2D eigenvalue weighted by Crippen LogP contribution is -2.34. The summed E-state index contributed by atoms with van der Waals surface area (Å²) in [4.78, 5) is 11.4. The van der Waals surface area contributed by atoms with Crippen molar-refractivity contribution < 1.29 is 9.90 Å². The molecule has 1 atom stereocenters. The van der Waals surface area contributed by atoms with Crippen LogP contribution in [0.2, 0.25) is 0 Å². The van der Waals surface area contributed by atoms with Crippen molar-refractivity contribution in [2.75, 3.05) is 13.1 Å². The highest BCUT2D eigenvalue weighted by Crippen LogP contribution is 2.04. The van der Waals surface area contributed by atoms with Gasteiger partial charge in [0.25, 0.3) is 0 Å². The zero-order valence-electron chi connectivity index (χ0n) is 11.0. The van der Waals surface area contributed by atoms with Crippen LogP contribution in [0, 0.1) is 0 Å². The van der Waals surface area contributed by atoms with E-state index in [4.69, 9.17) is 0 Å². The van der Waals surface area contributed by atoms with Crippen molar-refractivity contribution in [3.63, 3.8) is 0 Å². The molecule has 0 radical (unpaired) electrons. The van der Waals surface area contributed by atoms with E-state index in [1.54, 1.807) is 13.8 Å². The molecule has 0 fully saturated rings. The van der Waals surface area contributed by atoms with Gasteiger partial charge >= 0.3 is 0 Å². The Hall–Kier alpha value is -0.610. The molecule has 0 aliphatic carbocycles. The predicted molar refractivity (Wildman–Crippen MR) is 66.3 cm³/mol. The van der Waals surface area contributed by atoms with Crippen molar-refractivity contribution in [1.82, 2.24) is 10.6 Å². The molecule has 0 bridgehead atoms. The maximum Gasteiger partial charge on any atom is 0.221 e. The Morgan fingerprint density at radius 1 is 1.38 bits per heavy atom. The van der Waals surface area contributed by atoms with Gasteiger partial charge in [-0.25, -0.2) is 0 Å². The summed E-state index contributed by atoms with van der Waals surface area (Å²) in [7, 11) is 0. The highest BCUT2D eigenvalue weighted by Gasteiger charge is 2.11. The minimum atomic E-state index is -0.633. The predicted octanol–water partition coefficient (Wildman–Crippen LogP) is 1.04. The number of rotatable bonds is 8. The van der Waals surface area contributed by atoms with Gasteiger partial charge in [-0.05, 0) is 40.2 Å². The van der Waals surface area contributed by atoms with Crippen LogP contribution >= 0.6 is 0 Å². The lowest BCUT2D eigenvalue weighted by molar-refractivity contribution is -0.121. The molecule has 0 rings (SSSR count). The van der Waals surface area contributed by atoms with Gasteiger partial charge in [0.05, 0.1) is 5.60 Å². The van der Waals surface area contributed by atoms with Crippen LogP contribution < -0.4 is 10.6 Å². The summed E-state index contributed by atoms with van der Waals surface area (Å²) in [6.07, 6.45) is 2.15. The topological polar surface area (TPSA) is 61.4 Å². The second-order valence-corrected chi connectivity index (χ2v) is 4.94. The van der Waals surface area contributed by atoms with Gasteiger partial charge in [-0.1, -0.05) is 6.92 Å². The van der Waals surface area contributed by atoms with Gasteiger partial charge in [0.2, 0.25) is 5.91 Å². The Morgan fingerprint density at radius 2 is 2.00 bits per heavy atom. The van der Waals surface area contributed by atoms with Crippen molar-refractivity contribution in [2.24, 2.45) is 0 Å². The Bertz CT molecular complexity index is 200. The molecule has 0 heterocycles. The van der Waals surface area contributed by atoms with Crippen LogP contribution in [0.1, 0.15) is 47.0 Å². The van der Waals surface area contributed by atoms with E-state index < -0.39 is 5.60 Å². The van der Waals surface area contributed by atoms with Crippen molar-refractivity contribution in [1.29, 1.82) is 0 Å². The standard InChI is InChI=1S/C12H26N2O2/c1-5-10(2)14-11(15)6-8-13-9-7-12(3,4)16/h10,13,16H,5-9H2,1-4H3,(H,14,15). The number of nitrogens with one attached hydrogen (secondary N) is 2. The van der Waals surface area contributed by atoms with E-state index in [-0.39, 0.29) is 11.9 Å². The zero-order chi connectivity index (χ0) is 12.6. The molecule has 0 aliphatic rings. The molecule has 16 heavy (non-hydrogen) atoms. The van der Waals surface area contributed by atoms with Crippen LogP contribution in [-0.4, -0.2) is 35.7 Å². The monoisotopic (exact) mass is 230 g/mol. The average Bonchev–Trinajstić information content (AvgIpc) is 2.15. The third kappa shape index (κ3) is 9.93. The van der Waals surface area contributed by atoms with Crippen molar-refractivity contribution in [3.05, 3.63) is 0 Å². The van der Waals surface area contributed by atoms with E-state index >= 15 is 0 Å². The summed E-state index contributed by atoms with van der Waals surface area (Å²) in [5.41, 5.74) is -0.633. The molecular weight excluding hydrogens is 204 g/mol. The molecule has 0 aromatic carbocycles. The molecule has 0 aromatic heterocycles. The first-order valence-electron chi connectivity index (χ1n) is 6.07. The van der Waals surface area contributed by atoms with E-state index in [9.17, 15) is 9.90 Å². The van der Waals surface area contributed by atoms with Crippen LogP contribution in [0.4, 0.5) is 0 Å².